The maximum atomic E-state index is 13.3. The van der Waals surface area contributed by atoms with Gasteiger partial charge in [0.2, 0.25) is 0 Å². The van der Waals surface area contributed by atoms with Crippen molar-refractivity contribution in [1.29, 1.82) is 0 Å². The molecule has 0 spiro atoms. The summed E-state index contributed by atoms with van der Waals surface area (Å²) in [5, 5.41) is 5.96. The number of halogens is 3. The van der Waals surface area contributed by atoms with Gasteiger partial charge in [-0.2, -0.15) is 13.2 Å². The molecular formula is C16H24F3N3O. The minimum Gasteiger partial charge on any atom is -0.491 e. The zero-order valence-electron chi connectivity index (χ0n) is 13.9. The van der Waals surface area contributed by atoms with Gasteiger partial charge in [-0.25, -0.2) is 4.99 Å². The van der Waals surface area contributed by atoms with Gasteiger partial charge in [0.05, 0.1) is 18.2 Å². The first-order valence-corrected chi connectivity index (χ1v) is 7.66. The van der Waals surface area contributed by atoms with Gasteiger partial charge in [0.1, 0.15) is 5.75 Å². The number of guanidine groups is 1. The average molecular weight is 331 g/mol. The predicted molar refractivity (Wildman–Crippen MR) is 85.7 cm³/mol. The molecule has 0 heterocycles. The fourth-order valence-electron chi connectivity index (χ4n) is 1.98. The first-order chi connectivity index (χ1) is 10.8. The number of ether oxygens (including phenoxy) is 1. The summed E-state index contributed by atoms with van der Waals surface area (Å²) in [6, 6.07) is 3.99. The van der Waals surface area contributed by atoms with Gasteiger partial charge >= 0.3 is 6.18 Å². The topological polar surface area (TPSA) is 45.7 Å². The van der Waals surface area contributed by atoms with E-state index in [1.54, 1.807) is 19.9 Å². The van der Waals surface area contributed by atoms with Crippen molar-refractivity contribution in [2.75, 3.05) is 13.1 Å². The van der Waals surface area contributed by atoms with Gasteiger partial charge in [0, 0.05) is 13.1 Å². The van der Waals surface area contributed by atoms with E-state index in [9.17, 15) is 13.2 Å². The Morgan fingerprint density at radius 1 is 1.17 bits per heavy atom. The van der Waals surface area contributed by atoms with E-state index in [1.807, 2.05) is 13.8 Å². The molecule has 0 bridgehead atoms. The van der Waals surface area contributed by atoms with Gasteiger partial charge in [-0.05, 0) is 45.4 Å². The quantitative estimate of drug-likeness (QED) is 0.619. The van der Waals surface area contributed by atoms with E-state index in [4.69, 9.17) is 4.74 Å². The van der Waals surface area contributed by atoms with Crippen LogP contribution in [-0.2, 0) is 12.7 Å². The number of nitrogens with one attached hydrogen (secondary N) is 2. The van der Waals surface area contributed by atoms with Crippen molar-refractivity contribution < 1.29 is 17.9 Å². The van der Waals surface area contributed by atoms with Crippen LogP contribution in [0.3, 0.4) is 0 Å². The number of benzene rings is 1. The van der Waals surface area contributed by atoms with Gasteiger partial charge < -0.3 is 15.4 Å². The lowest BCUT2D eigenvalue weighted by molar-refractivity contribution is -0.138. The second kappa shape index (κ2) is 8.64. The average Bonchev–Trinajstić information content (AvgIpc) is 2.44. The number of hydrogen-bond acceptors (Lipinski definition) is 2. The molecule has 0 aliphatic rings. The number of aliphatic imine (C=N–C) groups is 1. The van der Waals surface area contributed by atoms with Gasteiger partial charge in [-0.15, -0.1) is 0 Å². The fraction of sp³-hybridized carbons (Fsp3) is 0.562. The molecule has 1 rings (SSSR count). The Hall–Kier alpha value is -1.92. The van der Waals surface area contributed by atoms with Crippen LogP contribution in [0.1, 0.15) is 38.8 Å². The van der Waals surface area contributed by atoms with Gasteiger partial charge in [-0.3, -0.25) is 0 Å². The smallest absolute Gasteiger partial charge is 0.416 e. The molecule has 0 aliphatic heterocycles. The van der Waals surface area contributed by atoms with Crippen molar-refractivity contribution >= 4 is 5.96 Å². The van der Waals surface area contributed by atoms with Crippen molar-refractivity contribution in [3.8, 4) is 5.75 Å². The fourth-order valence-corrected chi connectivity index (χ4v) is 1.98. The standard InChI is InChI=1S/C16H24F3N3O/c1-5-20-15(21-6-2)22-10-12-7-8-13(23-11(3)4)9-14(12)16(17,18)19/h7-9,11H,5-6,10H2,1-4H3,(H2,20,21,22). The Morgan fingerprint density at radius 3 is 2.26 bits per heavy atom. The molecule has 0 aliphatic carbocycles. The predicted octanol–water partition coefficient (Wildman–Crippen LogP) is 3.57. The summed E-state index contributed by atoms with van der Waals surface area (Å²) in [6.07, 6.45) is -4.63. The zero-order chi connectivity index (χ0) is 17.5. The van der Waals surface area contributed by atoms with E-state index in [-0.39, 0.29) is 24.0 Å². The molecule has 0 unspecified atom stereocenters. The SMILES string of the molecule is CCNC(=NCc1ccc(OC(C)C)cc1C(F)(F)F)NCC. The van der Waals surface area contributed by atoms with E-state index >= 15 is 0 Å². The first kappa shape index (κ1) is 19.1. The molecular weight excluding hydrogens is 307 g/mol. The van der Waals surface area contributed by atoms with Crippen LogP contribution in [0.2, 0.25) is 0 Å². The Morgan fingerprint density at radius 2 is 1.78 bits per heavy atom. The van der Waals surface area contributed by atoms with Gasteiger partial charge in [0.15, 0.2) is 5.96 Å². The Balaban J connectivity index is 3.07. The van der Waals surface area contributed by atoms with E-state index in [0.29, 0.717) is 19.0 Å². The Bertz CT molecular complexity index is 520. The lowest BCUT2D eigenvalue weighted by atomic mass is 10.1. The minimum atomic E-state index is -4.45. The Kier molecular flexibility index (Phi) is 7.19. The minimum absolute atomic E-state index is 0.0634. The van der Waals surface area contributed by atoms with Crippen LogP contribution in [0.25, 0.3) is 0 Å². The van der Waals surface area contributed by atoms with Crippen molar-refractivity contribution in [1.82, 2.24) is 10.6 Å². The zero-order valence-corrected chi connectivity index (χ0v) is 13.9. The lowest BCUT2D eigenvalue weighted by Gasteiger charge is -2.16. The van der Waals surface area contributed by atoms with Gasteiger partial charge in [0.25, 0.3) is 0 Å². The number of alkyl halides is 3. The lowest BCUT2D eigenvalue weighted by Crippen LogP contribution is -2.37. The van der Waals surface area contributed by atoms with Crippen molar-refractivity contribution in [3.63, 3.8) is 0 Å². The monoisotopic (exact) mass is 331 g/mol. The highest BCUT2D eigenvalue weighted by molar-refractivity contribution is 5.79. The highest BCUT2D eigenvalue weighted by Crippen LogP contribution is 2.35. The molecule has 0 atom stereocenters. The normalized spacial score (nSPS) is 11.3. The summed E-state index contributed by atoms with van der Waals surface area (Å²) in [7, 11) is 0. The van der Waals surface area contributed by atoms with Gasteiger partial charge in [-0.1, -0.05) is 6.07 Å². The van der Waals surface area contributed by atoms with Crippen molar-refractivity contribution in [3.05, 3.63) is 29.3 Å². The second-order valence-electron chi connectivity index (χ2n) is 5.21. The van der Waals surface area contributed by atoms with Crippen LogP contribution < -0.4 is 15.4 Å². The summed E-state index contributed by atoms with van der Waals surface area (Å²) < 4.78 is 45.1. The molecule has 0 amide bonds. The molecule has 7 heteroatoms. The maximum absolute atomic E-state index is 13.3. The molecule has 0 fully saturated rings. The molecule has 130 valence electrons. The molecule has 23 heavy (non-hydrogen) atoms. The molecule has 1 aromatic rings. The van der Waals surface area contributed by atoms with Crippen LogP contribution in [0.5, 0.6) is 5.75 Å². The molecule has 1 aromatic carbocycles. The number of rotatable bonds is 6. The molecule has 0 saturated heterocycles. The van der Waals surface area contributed by atoms with E-state index < -0.39 is 11.7 Å². The number of hydrogen-bond donors (Lipinski definition) is 2. The van der Waals surface area contributed by atoms with Crippen LogP contribution in [0, 0.1) is 0 Å². The molecule has 0 radical (unpaired) electrons. The highest BCUT2D eigenvalue weighted by atomic mass is 19.4. The van der Waals surface area contributed by atoms with Crippen LogP contribution in [0.15, 0.2) is 23.2 Å². The summed E-state index contributed by atoms with van der Waals surface area (Å²) in [5.41, 5.74) is -0.603. The van der Waals surface area contributed by atoms with E-state index in [0.717, 1.165) is 6.07 Å². The van der Waals surface area contributed by atoms with Crippen LogP contribution in [0.4, 0.5) is 13.2 Å². The second-order valence-corrected chi connectivity index (χ2v) is 5.21. The van der Waals surface area contributed by atoms with E-state index in [1.165, 1.54) is 6.07 Å². The summed E-state index contributed by atoms with van der Waals surface area (Å²) in [5.74, 6) is 0.698. The largest absolute Gasteiger partial charge is 0.491 e. The molecule has 2 N–H and O–H groups in total. The molecule has 0 saturated carbocycles. The summed E-state index contributed by atoms with van der Waals surface area (Å²) in [4.78, 5) is 4.19. The van der Waals surface area contributed by atoms with Crippen LogP contribution in [-0.4, -0.2) is 25.2 Å². The number of nitrogens with zero attached hydrogens (tertiary/aromatic N) is 1. The Labute approximate surface area is 135 Å². The third-order valence-corrected chi connectivity index (χ3v) is 2.85. The summed E-state index contributed by atoms with van der Waals surface area (Å²) in [6.45, 7) is 8.54. The molecule has 0 aromatic heterocycles. The summed E-state index contributed by atoms with van der Waals surface area (Å²) >= 11 is 0. The van der Waals surface area contributed by atoms with Crippen molar-refractivity contribution in [2.24, 2.45) is 4.99 Å². The third-order valence-electron chi connectivity index (χ3n) is 2.85. The third kappa shape index (κ3) is 6.38. The van der Waals surface area contributed by atoms with Crippen molar-refractivity contribution in [2.45, 2.75) is 46.5 Å². The molecule has 4 nitrogen and oxygen atoms in total. The van der Waals surface area contributed by atoms with E-state index in [2.05, 4.69) is 15.6 Å². The highest BCUT2D eigenvalue weighted by Gasteiger charge is 2.33. The first-order valence-electron chi connectivity index (χ1n) is 7.66. The maximum Gasteiger partial charge on any atom is 0.416 e. The van der Waals surface area contributed by atoms with Crippen LogP contribution >= 0.6 is 0 Å².